The molecule has 0 aliphatic rings. The first-order chi connectivity index (χ1) is 7.67. The number of halogens is 1. The molecule has 5 heteroatoms. The first kappa shape index (κ1) is 15.7. The third-order valence-electron chi connectivity index (χ3n) is 2.18. The predicted molar refractivity (Wildman–Crippen MR) is 70.5 cm³/mol. The van der Waals surface area contributed by atoms with Crippen LogP contribution in [0.1, 0.15) is 18.1 Å². The lowest BCUT2D eigenvalue weighted by Crippen LogP contribution is -2.29. The summed E-state index contributed by atoms with van der Waals surface area (Å²) in [6.07, 6.45) is 0. The van der Waals surface area contributed by atoms with E-state index in [2.05, 4.69) is 5.32 Å². The van der Waals surface area contributed by atoms with Crippen molar-refractivity contribution in [3.8, 4) is 5.75 Å². The van der Waals surface area contributed by atoms with E-state index in [-0.39, 0.29) is 24.9 Å². The molecule has 0 aliphatic carbocycles. The van der Waals surface area contributed by atoms with Crippen LogP contribution in [-0.2, 0) is 11.3 Å². The number of carbonyl (C=O) groups is 1. The van der Waals surface area contributed by atoms with Crippen LogP contribution >= 0.6 is 12.4 Å². The van der Waals surface area contributed by atoms with Crippen molar-refractivity contribution >= 4 is 18.3 Å². The SMILES string of the molecule is CCOc1cc(C)ccc1CNC(=O)CN.Cl. The van der Waals surface area contributed by atoms with E-state index in [0.717, 1.165) is 16.9 Å². The number of hydrogen-bond donors (Lipinski definition) is 2. The molecule has 0 radical (unpaired) electrons. The molecule has 0 saturated carbocycles. The van der Waals surface area contributed by atoms with Gasteiger partial charge in [0.25, 0.3) is 0 Å². The van der Waals surface area contributed by atoms with Gasteiger partial charge in [-0.2, -0.15) is 0 Å². The number of nitrogens with one attached hydrogen (secondary N) is 1. The Kier molecular flexibility index (Phi) is 7.34. The molecule has 0 heterocycles. The average Bonchev–Trinajstić information content (AvgIpc) is 2.28. The number of nitrogens with two attached hydrogens (primary N) is 1. The van der Waals surface area contributed by atoms with Gasteiger partial charge in [0.2, 0.25) is 5.91 Å². The van der Waals surface area contributed by atoms with Crippen LogP contribution in [0.5, 0.6) is 5.75 Å². The fourth-order valence-electron chi connectivity index (χ4n) is 1.36. The third-order valence-corrected chi connectivity index (χ3v) is 2.18. The minimum Gasteiger partial charge on any atom is -0.494 e. The molecule has 0 fully saturated rings. The second-order valence-corrected chi connectivity index (χ2v) is 3.53. The summed E-state index contributed by atoms with van der Waals surface area (Å²) in [5.74, 6) is 0.655. The lowest BCUT2D eigenvalue weighted by molar-refractivity contribution is -0.119. The molecule has 0 spiro atoms. The summed E-state index contributed by atoms with van der Waals surface area (Å²) in [7, 11) is 0. The zero-order valence-corrected chi connectivity index (χ0v) is 11.0. The molecular weight excluding hydrogens is 240 g/mol. The Morgan fingerprint density at radius 3 is 2.76 bits per heavy atom. The second-order valence-electron chi connectivity index (χ2n) is 3.53. The van der Waals surface area contributed by atoms with E-state index in [1.54, 1.807) is 0 Å². The number of ether oxygens (including phenoxy) is 1. The second kappa shape index (κ2) is 7.92. The Morgan fingerprint density at radius 1 is 1.47 bits per heavy atom. The zero-order chi connectivity index (χ0) is 12.0. The minimum absolute atomic E-state index is 0. The quantitative estimate of drug-likeness (QED) is 0.839. The van der Waals surface area contributed by atoms with Crippen molar-refractivity contribution in [1.82, 2.24) is 5.32 Å². The zero-order valence-electron chi connectivity index (χ0n) is 10.2. The maximum Gasteiger partial charge on any atom is 0.234 e. The number of rotatable bonds is 5. The summed E-state index contributed by atoms with van der Waals surface area (Å²) in [5.41, 5.74) is 7.32. The van der Waals surface area contributed by atoms with E-state index in [0.29, 0.717) is 13.2 Å². The molecule has 3 N–H and O–H groups in total. The van der Waals surface area contributed by atoms with E-state index >= 15 is 0 Å². The molecule has 0 aliphatic heterocycles. The summed E-state index contributed by atoms with van der Waals surface area (Å²) in [4.78, 5) is 11.0. The van der Waals surface area contributed by atoms with Crippen molar-refractivity contribution in [2.24, 2.45) is 5.73 Å². The van der Waals surface area contributed by atoms with Crippen molar-refractivity contribution in [3.05, 3.63) is 29.3 Å². The molecule has 1 rings (SSSR count). The Bertz CT molecular complexity index is 370. The van der Waals surface area contributed by atoms with Crippen LogP contribution in [0.25, 0.3) is 0 Å². The molecule has 0 atom stereocenters. The molecule has 17 heavy (non-hydrogen) atoms. The van der Waals surface area contributed by atoms with E-state index in [1.807, 2.05) is 32.0 Å². The van der Waals surface area contributed by atoms with Crippen LogP contribution in [0.2, 0.25) is 0 Å². The van der Waals surface area contributed by atoms with Crippen LogP contribution in [0.3, 0.4) is 0 Å². The Balaban J connectivity index is 0.00000256. The van der Waals surface area contributed by atoms with Gasteiger partial charge in [0.1, 0.15) is 5.75 Å². The highest BCUT2D eigenvalue weighted by Gasteiger charge is 2.05. The highest BCUT2D eigenvalue weighted by atomic mass is 35.5. The normalized spacial score (nSPS) is 9.35. The average molecular weight is 259 g/mol. The first-order valence-electron chi connectivity index (χ1n) is 5.36. The molecule has 96 valence electrons. The van der Waals surface area contributed by atoms with E-state index < -0.39 is 0 Å². The molecule has 1 aromatic rings. The maximum atomic E-state index is 11.0. The topological polar surface area (TPSA) is 64.3 Å². The van der Waals surface area contributed by atoms with Crippen LogP contribution in [0.4, 0.5) is 0 Å². The monoisotopic (exact) mass is 258 g/mol. The molecule has 1 amide bonds. The van der Waals surface area contributed by atoms with Gasteiger partial charge in [0, 0.05) is 12.1 Å². The lowest BCUT2D eigenvalue weighted by atomic mass is 10.1. The maximum absolute atomic E-state index is 11.0. The molecule has 0 bridgehead atoms. The largest absolute Gasteiger partial charge is 0.494 e. The van der Waals surface area contributed by atoms with Gasteiger partial charge in [0.15, 0.2) is 0 Å². The smallest absolute Gasteiger partial charge is 0.234 e. The van der Waals surface area contributed by atoms with Crippen LogP contribution in [-0.4, -0.2) is 19.1 Å². The Labute approximate surface area is 108 Å². The minimum atomic E-state index is -0.164. The van der Waals surface area contributed by atoms with Crippen LogP contribution in [0.15, 0.2) is 18.2 Å². The molecule has 1 aromatic carbocycles. The summed E-state index contributed by atoms with van der Waals surface area (Å²) in [6.45, 7) is 5.01. The highest BCUT2D eigenvalue weighted by molar-refractivity contribution is 5.85. The number of benzene rings is 1. The molecule has 0 saturated heterocycles. The van der Waals surface area contributed by atoms with Gasteiger partial charge in [-0.3, -0.25) is 4.79 Å². The Hall–Kier alpha value is -1.26. The number of aryl methyl sites for hydroxylation is 1. The van der Waals surface area contributed by atoms with Gasteiger partial charge in [-0.1, -0.05) is 12.1 Å². The Morgan fingerprint density at radius 2 is 2.18 bits per heavy atom. The van der Waals surface area contributed by atoms with Crippen molar-refractivity contribution in [2.45, 2.75) is 20.4 Å². The summed E-state index contributed by atoms with van der Waals surface area (Å²) in [6, 6.07) is 5.91. The van der Waals surface area contributed by atoms with E-state index in [1.165, 1.54) is 0 Å². The molecule has 0 unspecified atom stereocenters. The fourth-order valence-corrected chi connectivity index (χ4v) is 1.36. The van der Waals surface area contributed by atoms with Crippen molar-refractivity contribution in [1.29, 1.82) is 0 Å². The highest BCUT2D eigenvalue weighted by Crippen LogP contribution is 2.20. The van der Waals surface area contributed by atoms with Gasteiger partial charge >= 0.3 is 0 Å². The molecular formula is C12H19ClN2O2. The van der Waals surface area contributed by atoms with Crippen LogP contribution in [0, 0.1) is 6.92 Å². The molecule has 4 nitrogen and oxygen atoms in total. The van der Waals surface area contributed by atoms with Crippen molar-refractivity contribution < 1.29 is 9.53 Å². The number of amides is 1. The van der Waals surface area contributed by atoms with Gasteiger partial charge in [-0.25, -0.2) is 0 Å². The van der Waals surface area contributed by atoms with Crippen molar-refractivity contribution in [2.75, 3.05) is 13.2 Å². The number of hydrogen-bond acceptors (Lipinski definition) is 3. The number of carbonyl (C=O) groups excluding carboxylic acids is 1. The summed E-state index contributed by atoms with van der Waals surface area (Å²) in [5, 5.41) is 2.72. The van der Waals surface area contributed by atoms with Gasteiger partial charge in [-0.05, 0) is 25.5 Å². The first-order valence-corrected chi connectivity index (χ1v) is 5.36. The van der Waals surface area contributed by atoms with E-state index in [4.69, 9.17) is 10.5 Å². The fraction of sp³-hybridized carbons (Fsp3) is 0.417. The predicted octanol–water partition coefficient (Wildman–Crippen LogP) is 1.39. The van der Waals surface area contributed by atoms with Crippen molar-refractivity contribution in [3.63, 3.8) is 0 Å². The van der Waals surface area contributed by atoms with Gasteiger partial charge in [-0.15, -0.1) is 12.4 Å². The van der Waals surface area contributed by atoms with Gasteiger partial charge < -0.3 is 15.8 Å². The van der Waals surface area contributed by atoms with E-state index in [9.17, 15) is 4.79 Å². The van der Waals surface area contributed by atoms with Gasteiger partial charge in [0.05, 0.1) is 13.2 Å². The lowest BCUT2D eigenvalue weighted by Gasteiger charge is -2.11. The third kappa shape index (κ3) is 5.06. The molecule has 0 aromatic heterocycles. The summed E-state index contributed by atoms with van der Waals surface area (Å²) >= 11 is 0. The summed E-state index contributed by atoms with van der Waals surface area (Å²) < 4.78 is 5.50. The van der Waals surface area contributed by atoms with Crippen LogP contribution < -0.4 is 15.8 Å². The standard InChI is InChI=1S/C12H18N2O2.ClH/c1-3-16-11-6-9(2)4-5-10(11)8-14-12(15)7-13;/h4-6H,3,7-8,13H2,1-2H3,(H,14,15);1H.